The first-order chi connectivity index (χ1) is 15.7. The first kappa shape index (κ1) is 20.0. The molecule has 5 rings (SSSR count). The number of H-pyrrole nitrogens is 1. The Balaban J connectivity index is 1.43. The van der Waals surface area contributed by atoms with Crippen molar-refractivity contribution in [2.75, 3.05) is 20.8 Å². The molecule has 0 saturated heterocycles. The molecule has 3 heterocycles. The van der Waals surface area contributed by atoms with Crippen molar-refractivity contribution < 1.29 is 14.3 Å². The molecule has 0 unspecified atom stereocenters. The smallest absolute Gasteiger partial charge is 0.259 e. The SMILES string of the molecule is COCCn1cc(C(=O)NC2=Nc3c(-c4ccc5cc[nH]c5c4)ccc(OC)c3C2)cn1. The van der Waals surface area contributed by atoms with Crippen LogP contribution in [0.2, 0.25) is 0 Å². The van der Waals surface area contributed by atoms with Crippen LogP contribution >= 0.6 is 0 Å². The number of ether oxygens (including phenoxy) is 2. The topological polar surface area (TPSA) is 93.5 Å². The zero-order chi connectivity index (χ0) is 22.1. The highest BCUT2D eigenvalue weighted by atomic mass is 16.5. The highest BCUT2D eigenvalue weighted by molar-refractivity contribution is 6.10. The summed E-state index contributed by atoms with van der Waals surface area (Å²) in [5.41, 5.74) is 5.37. The van der Waals surface area contributed by atoms with Crippen LogP contribution in [0.4, 0.5) is 5.69 Å². The third-order valence-electron chi connectivity index (χ3n) is 5.59. The second kappa shape index (κ2) is 8.32. The van der Waals surface area contributed by atoms with Crippen molar-refractivity contribution in [3.05, 3.63) is 66.1 Å². The average molecular weight is 429 g/mol. The van der Waals surface area contributed by atoms with Crippen LogP contribution in [0.15, 0.2) is 60.0 Å². The van der Waals surface area contributed by atoms with E-state index in [0.717, 1.165) is 39.0 Å². The first-order valence-electron chi connectivity index (χ1n) is 10.3. The zero-order valence-electron chi connectivity index (χ0n) is 17.9. The Bertz CT molecular complexity index is 1330. The van der Waals surface area contributed by atoms with Gasteiger partial charge in [0.05, 0.1) is 37.7 Å². The van der Waals surface area contributed by atoms with Crippen molar-refractivity contribution in [2.45, 2.75) is 13.0 Å². The van der Waals surface area contributed by atoms with E-state index >= 15 is 0 Å². The van der Waals surface area contributed by atoms with Crippen molar-refractivity contribution in [3.63, 3.8) is 0 Å². The van der Waals surface area contributed by atoms with Gasteiger partial charge < -0.3 is 19.8 Å². The van der Waals surface area contributed by atoms with Gasteiger partial charge in [-0.3, -0.25) is 9.48 Å². The number of methoxy groups -OCH3 is 2. The van der Waals surface area contributed by atoms with E-state index in [4.69, 9.17) is 14.5 Å². The quantitative estimate of drug-likeness (QED) is 0.489. The molecular formula is C24H23N5O3. The molecule has 32 heavy (non-hydrogen) atoms. The number of benzene rings is 2. The summed E-state index contributed by atoms with van der Waals surface area (Å²) < 4.78 is 12.3. The molecule has 8 heteroatoms. The monoisotopic (exact) mass is 429 g/mol. The van der Waals surface area contributed by atoms with Crippen LogP contribution in [0.5, 0.6) is 5.75 Å². The Labute approximate surface area is 184 Å². The van der Waals surface area contributed by atoms with E-state index in [1.54, 1.807) is 31.3 Å². The number of amidine groups is 1. The normalized spacial score (nSPS) is 12.6. The molecule has 162 valence electrons. The molecule has 0 radical (unpaired) electrons. The Morgan fingerprint density at radius 3 is 2.97 bits per heavy atom. The maximum atomic E-state index is 12.8. The van der Waals surface area contributed by atoms with Crippen LogP contribution in [0.25, 0.3) is 22.0 Å². The maximum Gasteiger partial charge on any atom is 0.259 e. The molecule has 4 aromatic rings. The van der Waals surface area contributed by atoms with Gasteiger partial charge in [-0.2, -0.15) is 5.10 Å². The lowest BCUT2D eigenvalue weighted by Crippen LogP contribution is -2.30. The van der Waals surface area contributed by atoms with E-state index in [1.807, 2.05) is 24.4 Å². The number of amides is 1. The molecule has 1 aliphatic heterocycles. The predicted molar refractivity (Wildman–Crippen MR) is 123 cm³/mol. The van der Waals surface area contributed by atoms with E-state index < -0.39 is 0 Å². The molecule has 1 amide bonds. The number of aromatic nitrogens is 3. The number of nitrogens with one attached hydrogen (secondary N) is 2. The lowest BCUT2D eigenvalue weighted by Gasteiger charge is -2.11. The number of aromatic amines is 1. The molecule has 1 aliphatic rings. The van der Waals surface area contributed by atoms with Crippen LogP contribution in [0.3, 0.4) is 0 Å². The Morgan fingerprint density at radius 2 is 2.12 bits per heavy atom. The molecule has 0 atom stereocenters. The number of aliphatic imine (C=N–C) groups is 1. The molecule has 8 nitrogen and oxygen atoms in total. The van der Waals surface area contributed by atoms with Crippen LogP contribution in [0.1, 0.15) is 15.9 Å². The van der Waals surface area contributed by atoms with Gasteiger partial charge in [-0.1, -0.05) is 12.1 Å². The fourth-order valence-electron chi connectivity index (χ4n) is 3.96. The molecule has 0 fully saturated rings. The van der Waals surface area contributed by atoms with Gasteiger partial charge >= 0.3 is 0 Å². The van der Waals surface area contributed by atoms with Crippen molar-refractivity contribution in [1.82, 2.24) is 20.1 Å². The van der Waals surface area contributed by atoms with Gasteiger partial charge in [0.15, 0.2) is 0 Å². The fourth-order valence-corrected chi connectivity index (χ4v) is 3.96. The molecule has 0 spiro atoms. The number of fused-ring (bicyclic) bond motifs is 2. The summed E-state index contributed by atoms with van der Waals surface area (Å²) in [5, 5.41) is 8.29. The lowest BCUT2D eigenvalue weighted by molar-refractivity contribution is 0.0976. The van der Waals surface area contributed by atoms with E-state index in [1.165, 1.54) is 0 Å². The number of rotatable bonds is 6. The van der Waals surface area contributed by atoms with Gasteiger partial charge in [0.2, 0.25) is 0 Å². The van der Waals surface area contributed by atoms with Gasteiger partial charge in [-0.25, -0.2) is 4.99 Å². The number of hydrogen-bond donors (Lipinski definition) is 2. The highest BCUT2D eigenvalue weighted by Gasteiger charge is 2.24. The average Bonchev–Trinajstić information content (AvgIpc) is 3.55. The highest BCUT2D eigenvalue weighted by Crippen LogP contribution is 2.42. The van der Waals surface area contributed by atoms with Gasteiger partial charge in [0.25, 0.3) is 5.91 Å². The van der Waals surface area contributed by atoms with Gasteiger partial charge in [-0.05, 0) is 35.2 Å². The number of carbonyl (C=O) groups excluding carboxylic acids is 1. The fraction of sp³-hybridized carbons (Fsp3) is 0.208. The third kappa shape index (κ3) is 3.65. The lowest BCUT2D eigenvalue weighted by atomic mass is 9.98. The third-order valence-corrected chi connectivity index (χ3v) is 5.59. The Morgan fingerprint density at radius 1 is 1.22 bits per heavy atom. The van der Waals surface area contributed by atoms with E-state index in [0.29, 0.717) is 31.0 Å². The van der Waals surface area contributed by atoms with Crippen LogP contribution < -0.4 is 10.1 Å². The summed E-state index contributed by atoms with van der Waals surface area (Å²) in [6.07, 6.45) is 5.66. The van der Waals surface area contributed by atoms with Gasteiger partial charge in [-0.15, -0.1) is 0 Å². The standard InChI is InChI=1S/C24H23N5O3/c1-31-10-9-29-14-17(13-26-29)24(30)28-22-12-19-21(32-2)6-5-18(23(19)27-22)16-4-3-15-7-8-25-20(15)11-16/h3-8,11,13-14,25H,9-10,12H2,1-2H3,(H,27,28,30). The molecule has 2 N–H and O–H groups in total. The number of hydrogen-bond acceptors (Lipinski definition) is 5. The van der Waals surface area contributed by atoms with E-state index in [9.17, 15) is 4.79 Å². The molecule has 2 aromatic heterocycles. The Hall–Kier alpha value is -3.91. The second-order valence-electron chi connectivity index (χ2n) is 7.60. The summed E-state index contributed by atoms with van der Waals surface area (Å²) in [6, 6.07) is 12.3. The minimum atomic E-state index is -0.242. The second-order valence-corrected chi connectivity index (χ2v) is 7.60. The summed E-state index contributed by atoms with van der Waals surface area (Å²) in [4.78, 5) is 20.8. The van der Waals surface area contributed by atoms with E-state index in [-0.39, 0.29) is 5.91 Å². The minimum absolute atomic E-state index is 0.242. The van der Waals surface area contributed by atoms with Crippen molar-refractivity contribution in [2.24, 2.45) is 4.99 Å². The van der Waals surface area contributed by atoms with Crippen LogP contribution in [0, 0.1) is 0 Å². The number of nitrogens with zero attached hydrogens (tertiary/aromatic N) is 3. The molecular weight excluding hydrogens is 406 g/mol. The maximum absolute atomic E-state index is 12.8. The van der Waals surface area contributed by atoms with Crippen molar-refractivity contribution in [1.29, 1.82) is 0 Å². The number of carbonyl (C=O) groups is 1. The molecule has 2 aromatic carbocycles. The summed E-state index contributed by atoms with van der Waals surface area (Å²) in [5.74, 6) is 1.10. The predicted octanol–water partition coefficient (Wildman–Crippen LogP) is 3.70. The largest absolute Gasteiger partial charge is 0.496 e. The van der Waals surface area contributed by atoms with Crippen LogP contribution in [-0.2, 0) is 17.7 Å². The molecule has 0 saturated carbocycles. The van der Waals surface area contributed by atoms with Crippen molar-refractivity contribution in [3.8, 4) is 16.9 Å². The summed E-state index contributed by atoms with van der Waals surface area (Å²) >= 11 is 0. The first-order valence-corrected chi connectivity index (χ1v) is 10.3. The zero-order valence-corrected chi connectivity index (χ0v) is 17.9. The summed E-state index contributed by atoms with van der Waals surface area (Å²) in [7, 11) is 3.27. The Kier molecular flexibility index (Phi) is 5.20. The van der Waals surface area contributed by atoms with E-state index in [2.05, 4.69) is 33.6 Å². The van der Waals surface area contributed by atoms with Gasteiger partial charge in [0, 0.05) is 42.6 Å². The minimum Gasteiger partial charge on any atom is -0.496 e. The van der Waals surface area contributed by atoms with Gasteiger partial charge in [0.1, 0.15) is 11.6 Å². The van der Waals surface area contributed by atoms with Crippen LogP contribution in [-0.4, -0.2) is 47.3 Å². The molecule has 0 bridgehead atoms. The van der Waals surface area contributed by atoms with Crippen molar-refractivity contribution >= 4 is 28.3 Å². The molecule has 0 aliphatic carbocycles. The summed E-state index contributed by atoms with van der Waals surface area (Å²) in [6.45, 7) is 1.11.